The predicted octanol–water partition coefficient (Wildman–Crippen LogP) is 4.04. The van der Waals surface area contributed by atoms with Crippen LogP contribution in [0.3, 0.4) is 0 Å². The summed E-state index contributed by atoms with van der Waals surface area (Å²) in [5, 5.41) is 4.06. The van der Waals surface area contributed by atoms with Gasteiger partial charge in [0.25, 0.3) is 0 Å². The number of halogens is 2. The van der Waals surface area contributed by atoms with Gasteiger partial charge >= 0.3 is 0 Å². The lowest BCUT2D eigenvalue weighted by atomic mass is 10.1. The summed E-state index contributed by atoms with van der Waals surface area (Å²) in [6.07, 6.45) is 2.58. The Balaban J connectivity index is 1.96. The highest BCUT2D eigenvalue weighted by atomic mass is 79.9. The summed E-state index contributed by atoms with van der Waals surface area (Å²) in [5.41, 5.74) is 8.72. The highest BCUT2D eigenvalue weighted by molar-refractivity contribution is 9.10. The van der Waals surface area contributed by atoms with Crippen LogP contribution in [0.1, 0.15) is 11.1 Å². The standard InChI is InChI=1S/C14H15BrClN3/c1-9-12(17)8-19-14(13(9)15)18-7-6-10-2-4-11(16)5-3-10/h2-5,8H,6-7,17H2,1H3,(H,18,19). The summed E-state index contributed by atoms with van der Waals surface area (Å²) in [7, 11) is 0. The molecule has 0 aliphatic heterocycles. The van der Waals surface area contributed by atoms with E-state index in [4.69, 9.17) is 17.3 Å². The average molecular weight is 341 g/mol. The molecule has 2 rings (SSSR count). The lowest BCUT2D eigenvalue weighted by Crippen LogP contribution is -2.08. The van der Waals surface area contributed by atoms with E-state index in [0.29, 0.717) is 5.69 Å². The molecule has 1 aromatic heterocycles. The van der Waals surface area contributed by atoms with E-state index in [1.807, 2.05) is 31.2 Å². The zero-order valence-corrected chi connectivity index (χ0v) is 12.9. The molecule has 0 spiro atoms. The van der Waals surface area contributed by atoms with Crippen molar-refractivity contribution in [2.24, 2.45) is 0 Å². The van der Waals surface area contributed by atoms with Crippen molar-refractivity contribution < 1.29 is 0 Å². The van der Waals surface area contributed by atoms with Crippen LogP contribution in [-0.2, 0) is 6.42 Å². The maximum atomic E-state index is 5.85. The zero-order valence-electron chi connectivity index (χ0n) is 10.6. The third-order valence-corrected chi connectivity index (χ3v) is 4.14. The third kappa shape index (κ3) is 3.61. The summed E-state index contributed by atoms with van der Waals surface area (Å²) in [6.45, 7) is 2.77. The van der Waals surface area contributed by atoms with Gasteiger partial charge in [-0.25, -0.2) is 4.98 Å². The number of nitrogens with one attached hydrogen (secondary N) is 1. The minimum Gasteiger partial charge on any atom is -0.397 e. The van der Waals surface area contributed by atoms with Gasteiger partial charge in [-0.1, -0.05) is 23.7 Å². The molecule has 2 aromatic rings. The van der Waals surface area contributed by atoms with Crippen LogP contribution in [-0.4, -0.2) is 11.5 Å². The number of aromatic nitrogens is 1. The van der Waals surface area contributed by atoms with Gasteiger partial charge in [-0.15, -0.1) is 0 Å². The minimum atomic E-state index is 0.690. The molecule has 1 aromatic carbocycles. The second-order valence-corrected chi connectivity index (χ2v) is 5.53. The van der Waals surface area contributed by atoms with Gasteiger partial charge in [0.05, 0.1) is 16.4 Å². The largest absolute Gasteiger partial charge is 0.397 e. The summed E-state index contributed by atoms with van der Waals surface area (Å²) in [5.74, 6) is 0.820. The molecular weight excluding hydrogens is 326 g/mol. The zero-order chi connectivity index (χ0) is 13.8. The molecule has 5 heteroatoms. The number of benzene rings is 1. The fourth-order valence-corrected chi connectivity index (χ4v) is 2.29. The first kappa shape index (κ1) is 14.2. The van der Waals surface area contributed by atoms with E-state index in [9.17, 15) is 0 Å². The van der Waals surface area contributed by atoms with Crippen molar-refractivity contribution in [2.75, 3.05) is 17.6 Å². The van der Waals surface area contributed by atoms with Gasteiger partial charge in [0, 0.05) is 11.6 Å². The van der Waals surface area contributed by atoms with Crippen molar-refractivity contribution in [3.05, 3.63) is 51.1 Å². The van der Waals surface area contributed by atoms with E-state index in [-0.39, 0.29) is 0 Å². The number of pyridine rings is 1. The van der Waals surface area contributed by atoms with Gasteiger partial charge in [0.1, 0.15) is 5.82 Å². The van der Waals surface area contributed by atoms with Crippen molar-refractivity contribution in [3.8, 4) is 0 Å². The summed E-state index contributed by atoms with van der Waals surface area (Å²) in [6, 6.07) is 7.86. The molecular formula is C14H15BrClN3. The number of nitrogen functional groups attached to an aromatic ring is 1. The van der Waals surface area contributed by atoms with Crippen molar-refractivity contribution in [1.82, 2.24) is 4.98 Å². The molecule has 0 saturated heterocycles. The first-order chi connectivity index (χ1) is 9.08. The van der Waals surface area contributed by atoms with Crippen molar-refractivity contribution >= 4 is 39.0 Å². The van der Waals surface area contributed by atoms with Gasteiger partial charge in [-0.2, -0.15) is 0 Å². The molecule has 0 amide bonds. The van der Waals surface area contributed by atoms with Gasteiger partial charge in [0.15, 0.2) is 0 Å². The van der Waals surface area contributed by atoms with Crippen LogP contribution in [0.25, 0.3) is 0 Å². The Morgan fingerprint density at radius 2 is 2.00 bits per heavy atom. The Labute approximate surface area is 126 Å². The van der Waals surface area contributed by atoms with E-state index in [0.717, 1.165) is 33.8 Å². The summed E-state index contributed by atoms with van der Waals surface area (Å²) >= 11 is 9.36. The molecule has 3 N–H and O–H groups in total. The SMILES string of the molecule is Cc1c(N)cnc(NCCc2ccc(Cl)cc2)c1Br. The predicted molar refractivity (Wildman–Crippen MR) is 84.7 cm³/mol. The summed E-state index contributed by atoms with van der Waals surface area (Å²) < 4.78 is 0.920. The Hall–Kier alpha value is -1.26. The second-order valence-electron chi connectivity index (χ2n) is 4.30. The molecule has 0 aliphatic carbocycles. The van der Waals surface area contributed by atoms with Crippen LogP contribution >= 0.6 is 27.5 Å². The first-order valence-corrected chi connectivity index (χ1v) is 7.14. The van der Waals surface area contributed by atoms with Gasteiger partial charge in [0.2, 0.25) is 0 Å². The highest BCUT2D eigenvalue weighted by Crippen LogP contribution is 2.27. The van der Waals surface area contributed by atoms with Crippen LogP contribution in [0, 0.1) is 6.92 Å². The molecule has 0 radical (unpaired) electrons. The fraction of sp³-hybridized carbons (Fsp3) is 0.214. The molecule has 0 aliphatic rings. The number of nitrogens with zero attached hydrogens (tertiary/aromatic N) is 1. The monoisotopic (exact) mass is 339 g/mol. The Morgan fingerprint density at radius 3 is 2.68 bits per heavy atom. The molecule has 0 saturated carbocycles. The smallest absolute Gasteiger partial charge is 0.140 e. The van der Waals surface area contributed by atoms with Crippen LogP contribution in [0.5, 0.6) is 0 Å². The molecule has 0 fully saturated rings. The molecule has 19 heavy (non-hydrogen) atoms. The van der Waals surface area contributed by atoms with Crippen molar-refractivity contribution in [1.29, 1.82) is 0 Å². The number of hydrogen-bond donors (Lipinski definition) is 2. The molecule has 0 unspecified atom stereocenters. The first-order valence-electron chi connectivity index (χ1n) is 5.97. The molecule has 1 heterocycles. The van der Waals surface area contributed by atoms with Crippen LogP contribution in [0.4, 0.5) is 11.5 Å². The Kier molecular flexibility index (Phi) is 4.66. The highest BCUT2D eigenvalue weighted by Gasteiger charge is 2.06. The van der Waals surface area contributed by atoms with E-state index >= 15 is 0 Å². The Bertz CT molecular complexity index is 570. The number of nitrogens with two attached hydrogens (primary N) is 1. The molecule has 0 bridgehead atoms. The van der Waals surface area contributed by atoms with Gasteiger partial charge in [-0.3, -0.25) is 0 Å². The van der Waals surface area contributed by atoms with Crippen LogP contribution < -0.4 is 11.1 Å². The maximum absolute atomic E-state index is 5.85. The van der Waals surface area contributed by atoms with Crippen LogP contribution in [0.15, 0.2) is 34.9 Å². The van der Waals surface area contributed by atoms with E-state index in [1.165, 1.54) is 5.56 Å². The summed E-state index contributed by atoms with van der Waals surface area (Å²) in [4.78, 5) is 4.28. The normalized spacial score (nSPS) is 10.5. The van der Waals surface area contributed by atoms with E-state index in [1.54, 1.807) is 6.20 Å². The van der Waals surface area contributed by atoms with Crippen LogP contribution in [0.2, 0.25) is 5.02 Å². The Morgan fingerprint density at radius 1 is 1.32 bits per heavy atom. The van der Waals surface area contributed by atoms with Gasteiger partial charge in [-0.05, 0) is 52.5 Å². The lowest BCUT2D eigenvalue weighted by Gasteiger charge is -2.10. The molecule has 0 atom stereocenters. The molecule has 100 valence electrons. The number of anilines is 2. The van der Waals surface area contributed by atoms with Crippen molar-refractivity contribution in [2.45, 2.75) is 13.3 Å². The molecule has 3 nitrogen and oxygen atoms in total. The van der Waals surface area contributed by atoms with E-state index < -0.39 is 0 Å². The quantitative estimate of drug-likeness (QED) is 0.883. The third-order valence-electron chi connectivity index (χ3n) is 2.92. The minimum absolute atomic E-state index is 0.690. The van der Waals surface area contributed by atoms with Gasteiger partial charge < -0.3 is 11.1 Å². The lowest BCUT2D eigenvalue weighted by molar-refractivity contribution is 1.00. The topological polar surface area (TPSA) is 50.9 Å². The fourth-order valence-electron chi connectivity index (χ4n) is 1.69. The number of rotatable bonds is 4. The van der Waals surface area contributed by atoms with E-state index in [2.05, 4.69) is 26.2 Å². The number of hydrogen-bond acceptors (Lipinski definition) is 3. The maximum Gasteiger partial charge on any atom is 0.140 e. The average Bonchev–Trinajstić information content (AvgIpc) is 2.41. The second kappa shape index (κ2) is 6.26. The van der Waals surface area contributed by atoms with Crippen molar-refractivity contribution in [3.63, 3.8) is 0 Å².